The molecule has 0 amide bonds. The zero-order valence-corrected chi connectivity index (χ0v) is 15.0. The summed E-state index contributed by atoms with van der Waals surface area (Å²) in [4.78, 5) is 15.9. The molecule has 2 aliphatic rings. The summed E-state index contributed by atoms with van der Waals surface area (Å²) in [6, 6.07) is 4.21. The predicted molar refractivity (Wildman–Crippen MR) is 101 cm³/mol. The van der Waals surface area contributed by atoms with Gasteiger partial charge in [-0.2, -0.15) is 0 Å². The Morgan fingerprint density at radius 3 is 2.64 bits per heavy atom. The van der Waals surface area contributed by atoms with E-state index >= 15 is 0 Å². The normalized spacial score (nSPS) is 18.0. The standard InChI is InChI=1S/C20H27N5/c1-15-23-19-5-3-2-4-18(19)20(24-15)22-14-16-8-12-25(13-9-16)17-6-10-21-11-7-17/h6-7,10-11,16H,2-5,8-9,12-14H2,1H3,(H,22,23,24). The van der Waals surface area contributed by atoms with E-state index in [2.05, 4.69) is 32.3 Å². The van der Waals surface area contributed by atoms with Crippen LogP contribution in [0.2, 0.25) is 0 Å². The van der Waals surface area contributed by atoms with Crippen molar-refractivity contribution in [2.24, 2.45) is 5.92 Å². The van der Waals surface area contributed by atoms with E-state index in [0.29, 0.717) is 5.92 Å². The molecule has 25 heavy (non-hydrogen) atoms. The molecule has 0 aromatic carbocycles. The Labute approximate surface area is 149 Å². The molecule has 0 radical (unpaired) electrons. The number of fused-ring (bicyclic) bond motifs is 1. The van der Waals surface area contributed by atoms with E-state index in [1.165, 1.54) is 42.6 Å². The van der Waals surface area contributed by atoms with Gasteiger partial charge in [-0.25, -0.2) is 9.97 Å². The van der Waals surface area contributed by atoms with E-state index in [1.54, 1.807) is 0 Å². The van der Waals surface area contributed by atoms with E-state index in [1.807, 2.05) is 19.3 Å². The molecule has 0 unspecified atom stereocenters. The fraction of sp³-hybridized carbons (Fsp3) is 0.550. The maximum absolute atomic E-state index is 4.69. The molecule has 132 valence electrons. The highest BCUT2D eigenvalue weighted by Gasteiger charge is 2.21. The van der Waals surface area contributed by atoms with Crippen LogP contribution in [0.1, 0.15) is 42.8 Å². The van der Waals surface area contributed by atoms with Crippen LogP contribution in [0.15, 0.2) is 24.5 Å². The SMILES string of the molecule is Cc1nc2c(c(NCC3CCN(c4ccncc4)CC3)n1)CCCC2. The number of rotatable bonds is 4. The van der Waals surface area contributed by atoms with Crippen LogP contribution in [-0.2, 0) is 12.8 Å². The van der Waals surface area contributed by atoms with Crippen molar-refractivity contribution in [3.8, 4) is 0 Å². The van der Waals surface area contributed by atoms with E-state index in [0.717, 1.165) is 44.1 Å². The smallest absolute Gasteiger partial charge is 0.133 e. The molecule has 0 bridgehead atoms. The molecule has 5 heteroatoms. The van der Waals surface area contributed by atoms with E-state index < -0.39 is 0 Å². The van der Waals surface area contributed by atoms with Gasteiger partial charge in [0.15, 0.2) is 0 Å². The maximum atomic E-state index is 4.69. The zero-order valence-electron chi connectivity index (χ0n) is 15.0. The second-order valence-electron chi connectivity index (χ2n) is 7.27. The summed E-state index contributed by atoms with van der Waals surface area (Å²) in [7, 11) is 0. The highest BCUT2D eigenvalue weighted by atomic mass is 15.1. The van der Waals surface area contributed by atoms with Gasteiger partial charge in [-0.3, -0.25) is 4.98 Å². The molecule has 1 aliphatic carbocycles. The second kappa shape index (κ2) is 7.38. The summed E-state index contributed by atoms with van der Waals surface area (Å²) in [5.74, 6) is 2.71. The van der Waals surface area contributed by atoms with Crippen LogP contribution in [0.25, 0.3) is 0 Å². The zero-order chi connectivity index (χ0) is 17.1. The van der Waals surface area contributed by atoms with Gasteiger partial charge >= 0.3 is 0 Å². The van der Waals surface area contributed by atoms with Crippen LogP contribution >= 0.6 is 0 Å². The second-order valence-corrected chi connectivity index (χ2v) is 7.27. The Balaban J connectivity index is 1.35. The topological polar surface area (TPSA) is 53.9 Å². The molecule has 0 spiro atoms. The average molecular weight is 337 g/mol. The number of anilines is 2. The summed E-state index contributed by atoms with van der Waals surface area (Å²) < 4.78 is 0. The van der Waals surface area contributed by atoms with Crippen molar-refractivity contribution in [3.63, 3.8) is 0 Å². The van der Waals surface area contributed by atoms with Crippen LogP contribution in [0, 0.1) is 12.8 Å². The highest BCUT2D eigenvalue weighted by Crippen LogP contribution is 2.27. The fourth-order valence-corrected chi connectivity index (χ4v) is 4.05. The summed E-state index contributed by atoms with van der Waals surface area (Å²) in [6.45, 7) is 5.27. The van der Waals surface area contributed by atoms with Crippen molar-refractivity contribution in [2.75, 3.05) is 29.9 Å². The first-order chi connectivity index (χ1) is 12.3. The minimum absolute atomic E-state index is 0.715. The molecule has 2 aromatic rings. The Kier molecular flexibility index (Phi) is 4.81. The Morgan fingerprint density at radius 2 is 1.84 bits per heavy atom. The van der Waals surface area contributed by atoms with E-state index in [-0.39, 0.29) is 0 Å². The first-order valence-electron chi connectivity index (χ1n) is 9.55. The third-order valence-corrected chi connectivity index (χ3v) is 5.50. The summed E-state index contributed by atoms with van der Waals surface area (Å²) >= 11 is 0. The lowest BCUT2D eigenvalue weighted by atomic mass is 9.94. The van der Waals surface area contributed by atoms with E-state index in [9.17, 15) is 0 Å². The summed E-state index contributed by atoms with van der Waals surface area (Å²) in [5, 5.41) is 3.66. The molecule has 0 saturated carbocycles. The van der Waals surface area contributed by atoms with Gasteiger partial charge in [0, 0.05) is 49.0 Å². The Morgan fingerprint density at radius 1 is 1.08 bits per heavy atom. The number of nitrogens with one attached hydrogen (secondary N) is 1. The van der Waals surface area contributed by atoms with Crippen LogP contribution in [0.4, 0.5) is 11.5 Å². The quantitative estimate of drug-likeness (QED) is 0.927. The van der Waals surface area contributed by atoms with E-state index in [4.69, 9.17) is 4.98 Å². The molecular formula is C20H27N5. The highest BCUT2D eigenvalue weighted by molar-refractivity contribution is 5.48. The van der Waals surface area contributed by atoms with Gasteiger partial charge in [0.25, 0.3) is 0 Å². The number of aromatic nitrogens is 3. The van der Waals surface area contributed by atoms with Crippen LogP contribution in [-0.4, -0.2) is 34.6 Å². The monoisotopic (exact) mass is 337 g/mol. The summed E-state index contributed by atoms with van der Waals surface area (Å²) in [5.41, 5.74) is 3.93. The molecule has 1 N–H and O–H groups in total. The Hall–Kier alpha value is -2.17. The number of hydrogen-bond donors (Lipinski definition) is 1. The molecule has 1 saturated heterocycles. The lowest BCUT2D eigenvalue weighted by Gasteiger charge is -2.33. The first-order valence-corrected chi connectivity index (χ1v) is 9.55. The minimum atomic E-state index is 0.715. The van der Waals surface area contributed by atoms with Crippen molar-refractivity contribution < 1.29 is 0 Å². The number of pyridine rings is 1. The van der Waals surface area contributed by atoms with Gasteiger partial charge in [0.2, 0.25) is 0 Å². The van der Waals surface area contributed by atoms with Gasteiger partial charge in [-0.1, -0.05) is 0 Å². The van der Waals surface area contributed by atoms with Crippen molar-refractivity contribution in [1.29, 1.82) is 0 Å². The number of nitrogens with zero attached hydrogens (tertiary/aromatic N) is 4. The largest absolute Gasteiger partial charge is 0.371 e. The van der Waals surface area contributed by atoms with Crippen molar-refractivity contribution >= 4 is 11.5 Å². The van der Waals surface area contributed by atoms with Crippen molar-refractivity contribution in [2.45, 2.75) is 45.4 Å². The molecule has 1 aliphatic heterocycles. The lowest BCUT2D eigenvalue weighted by molar-refractivity contribution is 0.423. The third kappa shape index (κ3) is 3.75. The van der Waals surface area contributed by atoms with Crippen molar-refractivity contribution in [3.05, 3.63) is 41.6 Å². The molecule has 3 heterocycles. The van der Waals surface area contributed by atoms with Gasteiger partial charge in [-0.15, -0.1) is 0 Å². The number of aryl methyl sites for hydroxylation is 2. The van der Waals surface area contributed by atoms with Gasteiger partial charge in [-0.05, 0) is 63.5 Å². The van der Waals surface area contributed by atoms with Crippen molar-refractivity contribution in [1.82, 2.24) is 15.0 Å². The predicted octanol–water partition coefficient (Wildman–Crippen LogP) is 3.39. The molecule has 1 fully saturated rings. The molecule has 5 nitrogen and oxygen atoms in total. The average Bonchev–Trinajstić information content (AvgIpc) is 2.67. The molecular weight excluding hydrogens is 310 g/mol. The first kappa shape index (κ1) is 16.3. The molecule has 4 rings (SSSR count). The van der Waals surface area contributed by atoms with Crippen LogP contribution < -0.4 is 10.2 Å². The molecule has 0 atom stereocenters. The van der Waals surface area contributed by atoms with Gasteiger partial charge < -0.3 is 10.2 Å². The lowest BCUT2D eigenvalue weighted by Crippen LogP contribution is -2.36. The maximum Gasteiger partial charge on any atom is 0.133 e. The van der Waals surface area contributed by atoms with Gasteiger partial charge in [0.05, 0.1) is 0 Å². The van der Waals surface area contributed by atoms with Gasteiger partial charge in [0.1, 0.15) is 11.6 Å². The summed E-state index contributed by atoms with van der Waals surface area (Å²) in [6.07, 6.45) is 11.0. The number of hydrogen-bond acceptors (Lipinski definition) is 5. The molecule has 2 aromatic heterocycles. The minimum Gasteiger partial charge on any atom is -0.371 e. The fourth-order valence-electron chi connectivity index (χ4n) is 4.05. The van der Waals surface area contributed by atoms with Crippen LogP contribution in [0.5, 0.6) is 0 Å². The van der Waals surface area contributed by atoms with Crippen LogP contribution in [0.3, 0.4) is 0 Å². The number of piperidine rings is 1. The Bertz CT molecular complexity index is 708. The third-order valence-electron chi connectivity index (χ3n) is 5.50.